The Labute approximate surface area is 124 Å². The molecule has 1 unspecified atom stereocenters. The highest BCUT2D eigenvalue weighted by molar-refractivity contribution is 5.57. The molecule has 112 valence electrons. The normalized spacial score (nSPS) is 12.0. The van der Waals surface area contributed by atoms with E-state index in [1.807, 2.05) is 30.3 Å². The highest BCUT2D eigenvalue weighted by Crippen LogP contribution is 2.25. The summed E-state index contributed by atoms with van der Waals surface area (Å²) in [5.74, 6) is 6.81. The Morgan fingerprint density at radius 2 is 1.90 bits per heavy atom. The van der Waals surface area contributed by atoms with E-state index in [-0.39, 0.29) is 12.6 Å². The van der Waals surface area contributed by atoms with Crippen molar-refractivity contribution in [2.24, 2.45) is 5.84 Å². The van der Waals surface area contributed by atoms with Crippen LogP contribution in [0.15, 0.2) is 36.7 Å². The predicted octanol–water partition coefficient (Wildman–Crippen LogP) is 1.86. The molecule has 0 aliphatic rings. The first kappa shape index (κ1) is 15.2. The van der Waals surface area contributed by atoms with E-state index in [1.165, 1.54) is 6.33 Å². The lowest BCUT2D eigenvalue weighted by atomic mass is 10.1. The van der Waals surface area contributed by atoms with Gasteiger partial charge in [-0.3, -0.25) is 0 Å². The number of anilines is 2. The Bertz CT molecular complexity index is 561. The zero-order chi connectivity index (χ0) is 15.1. The van der Waals surface area contributed by atoms with Crippen LogP contribution in [0.2, 0.25) is 0 Å². The summed E-state index contributed by atoms with van der Waals surface area (Å²) in [5, 5.41) is 12.9. The fourth-order valence-electron chi connectivity index (χ4n) is 2.23. The van der Waals surface area contributed by atoms with Crippen LogP contribution < -0.4 is 16.6 Å². The minimum atomic E-state index is -0.220. The van der Waals surface area contributed by atoms with Gasteiger partial charge in [-0.1, -0.05) is 43.7 Å². The molecule has 0 radical (unpaired) electrons. The monoisotopic (exact) mass is 287 g/mol. The first-order valence-electron chi connectivity index (χ1n) is 7.03. The Morgan fingerprint density at radius 3 is 2.52 bits per heavy atom. The van der Waals surface area contributed by atoms with Crippen LogP contribution in [-0.4, -0.2) is 21.7 Å². The van der Waals surface area contributed by atoms with Crippen LogP contribution in [-0.2, 0) is 6.42 Å². The number of aliphatic hydroxyl groups excluding tert-OH is 1. The first-order chi connectivity index (χ1) is 10.3. The molecule has 6 heteroatoms. The third kappa shape index (κ3) is 3.68. The number of nitrogen functional groups attached to an aromatic ring is 1. The number of nitrogens with two attached hydrogens (primary N) is 1. The molecule has 1 aromatic carbocycles. The van der Waals surface area contributed by atoms with Gasteiger partial charge in [-0.05, 0) is 12.0 Å². The zero-order valence-electron chi connectivity index (χ0n) is 12.1. The summed E-state index contributed by atoms with van der Waals surface area (Å²) in [6, 6.07) is 9.55. The summed E-state index contributed by atoms with van der Waals surface area (Å²) >= 11 is 0. The van der Waals surface area contributed by atoms with Gasteiger partial charge in [-0.25, -0.2) is 15.8 Å². The topological polar surface area (TPSA) is 96.1 Å². The molecule has 6 nitrogen and oxygen atoms in total. The smallest absolute Gasteiger partial charge is 0.148 e. The Morgan fingerprint density at radius 1 is 1.19 bits per heavy atom. The van der Waals surface area contributed by atoms with Gasteiger partial charge in [0.15, 0.2) is 0 Å². The molecular weight excluding hydrogens is 266 g/mol. The average Bonchev–Trinajstić information content (AvgIpc) is 2.54. The van der Waals surface area contributed by atoms with E-state index in [9.17, 15) is 5.11 Å². The van der Waals surface area contributed by atoms with E-state index < -0.39 is 0 Å². The van der Waals surface area contributed by atoms with Crippen molar-refractivity contribution in [2.45, 2.75) is 25.8 Å². The van der Waals surface area contributed by atoms with Gasteiger partial charge >= 0.3 is 0 Å². The highest BCUT2D eigenvalue weighted by atomic mass is 16.3. The molecule has 0 aliphatic carbocycles. The molecular formula is C15H21N5O. The van der Waals surface area contributed by atoms with E-state index in [2.05, 4.69) is 27.6 Å². The molecule has 2 aromatic rings. The van der Waals surface area contributed by atoms with Crippen molar-refractivity contribution >= 4 is 11.6 Å². The van der Waals surface area contributed by atoms with Crippen LogP contribution in [0.25, 0.3) is 0 Å². The maximum absolute atomic E-state index is 9.64. The Balaban J connectivity index is 2.29. The van der Waals surface area contributed by atoms with Crippen molar-refractivity contribution in [1.29, 1.82) is 0 Å². The van der Waals surface area contributed by atoms with Crippen molar-refractivity contribution in [1.82, 2.24) is 9.97 Å². The fraction of sp³-hybridized carbons (Fsp3) is 0.333. The summed E-state index contributed by atoms with van der Waals surface area (Å²) in [5.41, 5.74) is 4.53. The van der Waals surface area contributed by atoms with Gasteiger partial charge in [-0.2, -0.15) is 0 Å². The van der Waals surface area contributed by atoms with Crippen LogP contribution in [0.1, 0.15) is 30.5 Å². The van der Waals surface area contributed by atoms with E-state index in [0.29, 0.717) is 11.6 Å². The maximum atomic E-state index is 9.64. The molecule has 2 rings (SSSR count). The van der Waals surface area contributed by atoms with Gasteiger partial charge < -0.3 is 15.8 Å². The molecule has 0 saturated carbocycles. The molecule has 1 aromatic heterocycles. The van der Waals surface area contributed by atoms with Gasteiger partial charge in [0.1, 0.15) is 18.0 Å². The third-order valence-corrected chi connectivity index (χ3v) is 3.28. The summed E-state index contributed by atoms with van der Waals surface area (Å²) in [7, 11) is 0. The number of nitrogens with zero attached hydrogens (tertiary/aromatic N) is 2. The number of benzene rings is 1. The van der Waals surface area contributed by atoms with Crippen molar-refractivity contribution < 1.29 is 5.11 Å². The molecule has 0 bridgehead atoms. The molecule has 1 atom stereocenters. The van der Waals surface area contributed by atoms with E-state index in [1.54, 1.807) is 0 Å². The Hall–Kier alpha value is -2.18. The number of hydrogen-bond acceptors (Lipinski definition) is 6. The van der Waals surface area contributed by atoms with Crippen LogP contribution in [0.3, 0.4) is 0 Å². The Kier molecular flexibility index (Phi) is 5.48. The minimum Gasteiger partial charge on any atom is -0.394 e. The average molecular weight is 287 g/mol. The number of rotatable bonds is 7. The van der Waals surface area contributed by atoms with Crippen molar-refractivity contribution in [2.75, 3.05) is 17.3 Å². The second kappa shape index (κ2) is 7.56. The van der Waals surface area contributed by atoms with Crippen molar-refractivity contribution in [3.8, 4) is 0 Å². The van der Waals surface area contributed by atoms with Crippen LogP contribution in [0.5, 0.6) is 0 Å². The van der Waals surface area contributed by atoms with Gasteiger partial charge in [-0.15, -0.1) is 0 Å². The maximum Gasteiger partial charge on any atom is 0.148 e. The molecule has 5 N–H and O–H groups in total. The second-order valence-corrected chi connectivity index (χ2v) is 4.73. The lowest BCUT2D eigenvalue weighted by molar-refractivity contribution is 0.276. The summed E-state index contributed by atoms with van der Waals surface area (Å²) in [4.78, 5) is 8.42. The van der Waals surface area contributed by atoms with E-state index in [4.69, 9.17) is 5.84 Å². The number of aliphatic hydroxyl groups is 1. The fourth-order valence-corrected chi connectivity index (χ4v) is 2.23. The number of nitrogens with one attached hydrogen (secondary N) is 2. The largest absolute Gasteiger partial charge is 0.394 e. The van der Waals surface area contributed by atoms with Crippen molar-refractivity contribution in [3.63, 3.8) is 0 Å². The van der Waals surface area contributed by atoms with Gasteiger partial charge in [0, 0.05) is 5.56 Å². The number of hydrogen-bond donors (Lipinski definition) is 4. The lowest BCUT2D eigenvalue weighted by Crippen LogP contribution is -2.19. The zero-order valence-corrected chi connectivity index (χ0v) is 12.1. The van der Waals surface area contributed by atoms with Gasteiger partial charge in [0.2, 0.25) is 0 Å². The second-order valence-electron chi connectivity index (χ2n) is 4.73. The molecule has 0 fully saturated rings. The van der Waals surface area contributed by atoms with Crippen LogP contribution >= 0.6 is 0 Å². The SMILES string of the molecule is CCCc1c(NN)ncnc1NC(CO)c1ccccc1. The van der Waals surface area contributed by atoms with Gasteiger partial charge in [0.25, 0.3) is 0 Å². The van der Waals surface area contributed by atoms with Crippen LogP contribution in [0.4, 0.5) is 11.6 Å². The summed E-state index contributed by atoms with van der Waals surface area (Å²) < 4.78 is 0. The van der Waals surface area contributed by atoms with Crippen molar-refractivity contribution in [3.05, 3.63) is 47.8 Å². The third-order valence-electron chi connectivity index (χ3n) is 3.28. The first-order valence-corrected chi connectivity index (χ1v) is 7.03. The predicted molar refractivity (Wildman–Crippen MR) is 83.7 cm³/mol. The molecule has 0 saturated heterocycles. The summed E-state index contributed by atoms with van der Waals surface area (Å²) in [6.45, 7) is 2.06. The number of hydrazine groups is 1. The number of aromatic nitrogens is 2. The van der Waals surface area contributed by atoms with E-state index >= 15 is 0 Å². The minimum absolute atomic E-state index is 0.0228. The van der Waals surface area contributed by atoms with Gasteiger partial charge in [0.05, 0.1) is 12.6 Å². The molecule has 0 aliphatic heterocycles. The lowest BCUT2D eigenvalue weighted by Gasteiger charge is -2.20. The quantitative estimate of drug-likeness (QED) is 0.458. The molecule has 21 heavy (non-hydrogen) atoms. The molecule has 0 spiro atoms. The van der Waals surface area contributed by atoms with E-state index in [0.717, 1.165) is 24.0 Å². The standard InChI is InChI=1S/C15H21N5O/c1-2-6-12-14(17-10-18-15(12)20-16)19-13(9-21)11-7-4-3-5-8-11/h3-5,7-8,10,13,21H,2,6,9,16H2,1H3,(H2,17,18,19,20). The van der Waals surface area contributed by atoms with Crippen LogP contribution in [0, 0.1) is 0 Å². The molecule has 0 amide bonds. The highest BCUT2D eigenvalue weighted by Gasteiger charge is 2.15. The summed E-state index contributed by atoms with van der Waals surface area (Å²) in [6.07, 6.45) is 3.21. The molecule has 1 heterocycles.